The number of carbonyl (C=O) groups excluding carboxylic acids is 1. The Bertz CT molecular complexity index is 225. The lowest BCUT2D eigenvalue weighted by atomic mass is 9.80. The van der Waals surface area contributed by atoms with Gasteiger partial charge in [0.2, 0.25) is 5.91 Å². The average molecular weight is 223 g/mol. The minimum Gasteiger partial charge on any atom is -0.343 e. The molecule has 0 aromatic heterocycles. The summed E-state index contributed by atoms with van der Waals surface area (Å²) < 4.78 is 0. The zero-order valence-electron chi connectivity index (χ0n) is 10.6. The van der Waals surface area contributed by atoms with E-state index in [0.29, 0.717) is 0 Å². The first kappa shape index (κ1) is 11.9. The van der Waals surface area contributed by atoms with Crippen molar-refractivity contribution in [3.05, 3.63) is 0 Å². The van der Waals surface area contributed by atoms with Gasteiger partial charge in [-0.15, -0.1) is 0 Å². The van der Waals surface area contributed by atoms with Gasteiger partial charge in [0.25, 0.3) is 0 Å². The fourth-order valence-electron chi connectivity index (χ4n) is 3.38. The first-order chi connectivity index (χ1) is 7.75. The predicted octanol–water partition coefficient (Wildman–Crippen LogP) is 3.22. The molecule has 1 heterocycles. The van der Waals surface area contributed by atoms with Crippen molar-refractivity contribution in [2.24, 2.45) is 11.8 Å². The van der Waals surface area contributed by atoms with E-state index in [4.69, 9.17) is 0 Å². The van der Waals surface area contributed by atoms with Gasteiger partial charge in [-0.3, -0.25) is 4.79 Å². The second-order valence-corrected chi connectivity index (χ2v) is 5.69. The first-order valence-electron chi connectivity index (χ1n) is 7.01. The number of hydrogen-bond acceptors (Lipinski definition) is 1. The molecule has 2 aliphatic rings. The van der Waals surface area contributed by atoms with Crippen molar-refractivity contribution in [1.29, 1.82) is 0 Å². The summed E-state index contributed by atoms with van der Waals surface area (Å²) in [7, 11) is 0. The number of carbonyl (C=O) groups is 1. The third kappa shape index (κ3) is 3.23. The maximum Gasteiger partial charge on any atom is 0.219 e. The van der Waals surface area contributed by atoms with Gasteiger partial charge in [0.05, 0.1) is 0 Å². The van der Waals surface area contributed by atoms with Crippen molar-refractivity contribution in [2.75, 3.05) is 13.1 Å². The minimum atomic E-state index is 0.260. The second kappa shape index (κ2) is 5.70. The predicted molar refractivity (Wildman–Crippen MR) is 66.2 cm³/mol. The number of amides is 1. The maximum atomic E-state index is 11.2. The fourth-order valence-corrected chi connectivity index (χ4v) is 3.38. The summed E-state index contributed by atoms with van der Waals surface area (Å²) in [6.07, 6.45) is 11.2. The van der Waals surface area contributed by atoms with Crippen LogP contribution in [0, 0.1) is 11.8 Å². The van der Waals surface area contributed by atoms with E-state index in [0.717, 1.165) is 24.9 Å². The van der Waals surface area contributed by atoms with Crippen LogP contribution in [0.3, 0.4) is 0 Å². The summed E-state index contributed by atoms with van der Waals surface area (Å²) in [5.74, 6) is 2.16. The van der Waals surface area contributed by atoms with Gasteiger partial charge >= 0.3 is 0 Å². The molecule has 2 fully saturated rings. The van der Waals surface area contributed by atoms with Crippen molar-refractivity contribution >= 4 is 5.91 Å². The molecule has 2 rings (SSSR count). The van der Waals surface area contributed by atoms with Crippen LogP contribution in [0.1, 0.15) is 58.3 Å². The van der Waals surface area contributed by atoms with Crippen LogP contribution >= 0.6 is 0 Å². The Morgan fingerprint density at radius 1 is 1.00 bits per heavy atom. The van der Waals surface area contributed by atoms with E-state index in [1.807, 2.05) is 4.90 Å². The maximum absolute atomic E-state index is 11.2. The van der Waals surface area contributed by atoms with Crippen LogP contribution in [0.4, 0.5) is 0 Å². The van der Waals surface area contributed by atoms with Gasteiger partial charge < -0.3 is 4.90 Å². The van der Waals surface area contributed by atoms with E-state index in [-0.39, 0.29) is 5.91 Å². The Morgan fingerprint density at radius 3 is 2.12 bits per heavy atom. The van der Waals surface area contributed by atoms with Crippen molar-refractivity contribution in [1.82, 2.24) is 4.90 Å². The second-order valence-electron chi connectivity index (χ2n) is 5.69. The Morgan fingerprint density at radius 2 is 1.56 bits per heavy atom. The zero-order valence-corrected chi connectivity index (χ0v) is 10.6. The molecule has 0 aromatic rings. The van der Waals surface area contributed by atoms with Crippen LogP contribution in [-0.4, -0.2) is 23.9 Å². The van der Waals surface area contributed by atoms with Gasteiger partial charge in [0.1, 0.15) is 0 Å². The molecule has 2 nitrogen and oxygen atoms in total. The Balaban J connectivity index is 1.70. The lowest BCUT2D eigenvalue weighted by Gasteiger charge is -2.34. The quantitative estimate of drug-likeness (QED) is 0.704. The topological polar surface area (TPSA) is 20.3 Å². The summed E-state index contributed by atoms with van der Waals surface area (Å²) in [5, 5.41) is 0. The normalized spacial score (nSPS) is 24.7. The van der Waals surface area contributed by atoms with Crippen LogP contribution in [0.25, 0.3) is 0 Å². The molecule has 0 atom stereocenters. The van der Waals surface area contributed by atoms with Crippen LogP contribution in [0.15, 0.2) is 0 Å². The Kier molecular flexibility index (Phi) is 4.25. The third-order valence-electron chi connectivity index (χ3n) is 4.45. The standard InChI is InChI=1S/C14H25NO/c1-12(16)15-9-7-14(8-10-15)11-13-5-3-2-4-6-13/h13-14H,2-11H2,1H3. The van der Waals surface area contributed by atoms with Gasteiger partial charge in [-0.05, 0) is 31.1 Å². The van der Waals surface area contributed by atoms with Gasteiger partial charge in [-0.1, -0.05) is 32.1 Å². The molecule has 16 heavy (non-hydrogen) atoms. The van der Waals surface area contributed by atoms with E-state index >= 15 is 0 Å². The van der Waals surface area contributed by atoms with E-state index in [9.17, 15) is 4.79 Å². The molecule has 0 unspecified atom stereocenters. The molecule has 1 aliphatic heterocycles. The minimum absolute atomic E-state index is 0.260. The lowest BCUT2D eigenvalue weighted by Crippen LogP contribution is -2.37. The lowest BCUT2D eigenvalue weighted by molar-refractivity contribution is -0.130. The highest BCUT2D eigenvalue weighted by atomic mass is 16.2. The number of nitrogens with zero attached hydrogens (tertiary/aromatic N) is 1. The van der Waals surface area contributed by atoms with Crippen molar-refractivity contribution in [3.63, 3.8) is 0 Å². The van der Waals surface area contributed by atoms with E-state index < -0.39 is 0 Å². The summed E-state index contributed by atoms with van der Waals surface area (Å²) in [4.78, 5) is 13.2. The Labute approximate surface area is 99.4 Å². The van der Waals surface area contributed by atoms with E-state index in [1.54, 1.807) is 6.92 Å². The molecule has 0 radical (unpaired) electrons. The highest BCUT2D eigenvalue weighted by Gasteiger charge is 2.24. The summed E-state index contributed by atoms with van der Waals surface area (Å²) in [6.45, 7) is 3.71. The van der Waals surface area contributed by atoms with Crippen molar-refractivity contribution in [2.45, 2.75) is 58.3 Å². The van der Waals surface area contributed by atoms with Gasteiger partial charge in [0.15, 0.2) is 0 Å². The smallest absolute Gasteiger partial charge is 0.219 e. The summed E-state index contributed by atoms with van der Waals surface area (Å²) in [6, 6.07) is 0. The highest BCUT2D eigenvalue weighted by Crippen LogP contribution is 2.32. The van der Waals surface area contributed by atoms with Crippen molar-refractivity contribution in [3.8, 4) is 0 Å². The summed E-state index contributed by atoms with van der Waals surface area (Å²) in [5.41, 5.74) is 0. The molecule has 1 amide bonds. The van der Waals surface area contributed by atoms with Gasteiger partial charge in [0, 0.05) is 20.0 Å². The van der Waals surface area contributed by atoms with Gasteiger partial charge in [-0.25, -0.2) is 0 Å². The van der Waals surface area contributed by atoms with Crippen LogP contribution in [0.2, 0.25) is 0 Å². The molecular weight excluding hydrogens is 198 g/mol. The number of piperidine rings is 1. The molecule has 1 aliphatic carbocycles. The average Bonchev–Trinajstić information content (AvgIpc) is 2.31. The van der Waals surface area contributed by atoms with Crippen LogP contribution in [-0.2, 0) is 4.79 Å². The third-order valence-corrected chi connectivity index (χ3v) is 4.45. The highest BCUT2D eigenvalue weighted by molar-refractivity contribution is 5.73. The molecule has 1 saturated carbocycles. The van der Waals surface area contributed by atoms with Crippen LogP contribution < -0.4 is 0 Å². The zero-order chi connectivity index (χ0) is 11.4. The summed E-state index contributed by atoms with van der Waals surface area (Å²) >= 11 is 0. The Hall–Kier alpha value is -0.530. The number of hydrogen-bond donors (Lipinski definition) is 0. The molecule has 0 bridgehead atoms. The van der Waals surface area contributed by atoms with E-state index in [2.05, 4.69) is 0 Å². The molecule has 0 aromatic carbocycles. The molecular formula is C14H25NO. The number of likely N-dealkylation sites (tertiary alicyclic amines) is 1. The monoisotopic (exact) mass is 223 g/mol. The molecule has 2 heteroatoms. The van der Waals surface area contributed by atoms with Crippen molar-refractivity contribution < 1.29 is 4.79 Å². The van der Waals surface area contributed by atoms with Gasteiger partial charge in [-0.2, -0.15) is 0 Å². The molecule has 0 N–H and O–H groups in total. The number of rotatable bonds is 2. The SMILES string of the molecule is CC(=O)N1CCC(CC2CCCCC2)CC1. The molecule has 1 saturated heterocycles. The van der Waals surface area contributed by atoms with Crippen LogP contribution in [0.5, 0.6) is 0 Å². The largest absolute Gasteiger partial charge is 0.343 e. The molecule has 92 valence electrons. The molecule has 0 spiro atoms. The fraction of sp³-hybridized carbons (Fsp3) is 0.929. The van der Waals surface area contributed by atoms with E-state index in [1.165, 1.54) is 51.4 Å². The first-order valence-corrected chi connectivity index (χ1v) is 7.01.